The van der Waals surface area contributed by atoms with Crippen LogP contribution in [0.2, 0.25) is 5.02 Å². The first-order chi connectivity index (χ1) is 16.0. The number of nitrogens with zero attached hydrogens (tertiary/aromatic N) is 2. The van der Waals surface area contributed by atoms with Crippen LogP contribution in [0.3, 0.4) is 0 Å². The lowest BCUT2D eigenvalue weighted by Crippen LogP contribution is -2.45. The molecule has 9 heteroatoms. The van der Waals surface area contributed by atoms with Crippen LogP contribution >= 0.6 is 22.9 Å². The van der Waals surface area contributed by atoms with Crippen molar-refractivity contribution in [3.05, 3.63) is 64.1 Å². The molecule has 5 rings (SSSR count). The van der Waals surface area contributed by atoms with Crippen molar-refractivity contribution >= 4 is 51.0 Å². The van der Waals surface area contributed by atoms with Gasteiger partial charge >= 0.3 is 0 Å². The third kappa shape index (κ3) is 4.70. The Hall–Kier alpha value is -2.65. The van der Waals surface area contributed by atoms with Crippen molar-refractivity contribution in [3.63, 3.8) is 0 Å². The summed E-state index contributed by atoms with van der Waals surface area (Å²) in [6.07, 6.45) is 1.61. The highest BCUT2D eigenvalue weighted by molar-refractivity contribution is 7.14. The molecule has 0 radical (unpaired) electrons. The second-order valence-electron chi connectivity index (χ2n) is 8.16. The Morgan fingerprint density at radius 3 is 2.58 bits per heavy atom. The Morgan fingerprint density at radius 1 is 1.09 bits per heavy atom. The van der Waals surface area contributed by atoms with Crippen LogP contribution in [-0.4, -0.2) is 43.0 Å². The highest BCUT2D eigenvalue weighted by Crippen LogP contribution is 2.37. The number of anilines is 4. The van der Waals surface area contributed by atoms with Crippen LogP contribution in [0.4, 0.5) is 22.2 Å². The van der Waals surface area contributed by atoms with Gasteiger partial charge in [0.1, 0.15) is 5.69 Å². The molecule has 1 amide bonds. The molecule has 33 heavy (non-hydrogen) atoms. The summed E-state index contributed by atoms with van der Waals surface area (Å²) < 4.78 is 11.7. The number of thiazole rings is 1. The molecule has 1 spiro atoms. The van der Waals surface area contributed by atoms with Crippen molar-refractivity contribution in [1.29, 1.82) is 0 Å². The van der Waals surface area contributed by atoms with Gasteiger partial charge in [-0.05, 0) is 30.7 Å². The largest absolute Gasteiger partial charge is 0.369 e. The Labute approximate surface area is 201 Å². The molecule has 2 aliphatic heterocycles. The predicted octanol–water partition coefficient (Wildman–Crippen LogP) is 5.44. The number of hydrogen-bond acceptors (Lipinski definition) is 7. The minimum Gasteiger partial charge on any atom is -0.369 e. The Bertz CT molecular complexity index is 1150. The topological polar surface area (TPSA) is 75.7 Å². The average Bonchev–Trinajstić information content (AvgIpc) is 3.47. The third-order valence-electron chi connectivity index (χ3n) is 5.99. The van der Waals surface area contributed by atoms with Crippen LogP contribution in [-0.2, 0) is 9.47 Å². The van der Waals surface area contributed by atoms with Crippen molar-refractivity contribution in [2.45, 2.75) is 25.6 Å². The van der Waals surface area contributed by atoms with Gasteiger partial charge in [-0.3, -0.25) is 4.79 Å². The van der Waals surface area contributed by atoms with Crippen LogP contribution in [0.1, 0.15) is 28.9 Å². The lowest BCUT2D eigenvalue weighted by atomic mass is 10.0. The number of carbonyl (C=O) groups is 1. The maximum atomic E-state index is 13.0. The van der Waals surface area contributed by atoms with E-state index < -0.39 is 5.79 Å². The molecule has 2 saturated heterocycles. The summed E-state index contributed by atoms with van der Waals surface area (Å²) in [5.41, 5.74) is 4.02. The van der Waals surface area contributed by atoms with E-state index in [1.54, 1.807) is 11.4 Å². The Kier molecular flexibility index (Phi) is 6.25. The van der Waals surface area contributed by atoms with E-state index in [9.17, 15) is 4.79 Å². The number of aryl methyl sites for hydroxylation is 1. The SMILES string of the molecule is Cc1cccc(NC(=O)c2csc(Nc3ccccc3Cl)n2)c1N1CCC2(CC1)OCCO2. The summed E-state index contributed by atoms with van der Waals surface area (Å²) in [6, 6.07) is 13.4. The molecular formula is C24H25ClN4O3S. The molecule has 2 fully saturated rings. The van der Waals surface area contributed by atoms with E-state index in [1.807, 2.05) is 30.3 Å². The molecule has 3 aromatic rings. The molecule has 172 valence electrons. The fourth-order valence-corrected chi connectivity index (χ4v) is 5.22. The van der Waals surface area contributed by atoms with Crippen molar-refractivity contribution in [3.8, 4) is 0 Å². The second-order valence-corrected chi connectivity index (χ2v) is 9.43. The fraction of sp³-hybridized carbons (Fsp3) is 0.333. The van der Waals surface area contributed by atoms with E-state index in [4.69, 9.17) is 21.1 Å². The second kappa shape index (κ2) is 9.30. The molecule has 0 bridgehead atoms. The quantitative estimate of drug-likeness (QED) is 0.502. The molecule has 3 heterocycles. The number of amides is 1. The third-order valence-corrected chi connectivity index (χ3v) is 7.08. The number of halogens is 1. The van der Waals surface area contributed by atoms with Crippen LogP contribution in [0.15, 0.2) is 47.8 Å². The van der Waals surface area contributed by atoms with Crippen LogP contribution in [0, 0.1) is 6.92 Å². The summed E-state index contributed by atoms with van der Waals surface area (Å²) in [6.45, 7) is 4.98. The summed E-state index contributed by atoms with van der Waals surface area (Å²) in [5.74, 6) is -0.685. The number of benzene rings is 2. The summed E-state index contributed by atoms with van der Waals surface area (Å²) in [7, 11) is 0. The lowest BCUT2D eigenvalue weighted by molar-refractivity contribution is -0.169. The zero-order chi connectivity index (χ0) is 22.8. The predicted molar refractivity (Wildman–Crippen MR) is 132 cm³/mol. The number of carbonyl (C=O) groups excluding carboxylic acids is 1. The van der Waals surface area contributed by atoms with Gasteiger partial charge in [-0.2, -0.15) is 0 Å². The van der Waals surface area contributed by atoms with Gasteiger partial charge in [-0.25, -0.2) is 4.98 Å². The standard InChI is InChI=1S/C24H25ClN4O3S/c1-16-5-4-8-19(21(16)29-11-9-24(10-12-29)31-13-14-32-24)26-22(30)20-15-33-23(28-20)27-18-7-3-2-6-17(18)25/h2-8,15H,9-14H2,1H3,(H,26,30)(H,27,28). The van der Waals surface area contributed by atoms with Crippen LogP contribution in [0.25, 0.3) is 0 Å². The van der Waals surface area contributed by atoms with E-state index in [-0.39, 0.29) is 5.91 Å². The lowest BCUT2D eigenvalue weighted by Gasteiger charge is -2.39. The fourth-order valence-electron chi connectivity index (χ4n) is 4.34. The number of aromatic nitrogens is 1. The highest BCUT2D eigenvalue weighted by Gasteiger charge is 2.40. The number of ether oxygens (including phenoxy) is 2. The first-order valence-electron chi connectivity index (χ1n) is 10.9. The molecule has 7 nitrogen and oxygen atoms in total. The first-order valence-corrected chi connectivity index (χ1v) is 12.2. The van der Waals surface area contributed by atoms with Crippen molar-refractivity contribution in [1.82, 2.24) is 4.98 Å². The molecule has 2 N–H and O–H groups in total. The first kappa shape index (κ1) is 22.2. The maximum absolute atomic E-state index is 13.0. The molecule has 0 saturated carbocycles. The molecule has 0 unspecified atom stereocenters. The van der Waals surface area contributed by atoms with E-state index >= 15 is 0 Å². The minimum absolute atomic E-state index is 0.249. The van der Waals surface area contributed by atoms with Gasteiger partial charge in [0.15, 0.2) is 10.9 Å². The van der Waals surface area contributed by atoms with E-state index in [0.29, 0.717) is 29.1 Å². The number of rotatable bonds is 5. The summed E-state index contributed by atoms with van der Waals surface area (Å²) in [4.78, 5) is 19.8. The normalized spacial score (nSPS) is 17.3. The molecular weight excluding hydrogens is 460 g/mol. The maximum Gasteiger partial charge on any atom is 0.275 e. The van der Waals surface area contributed by atoms with Gasteiger partial charge in [0.05, 0.1) is 35.3 Å². The zero-order valence-corrected chi connectivity index (χ0v) is 19.8. The molecule has 0 atom stereocenters. The zero-order valence-electron chi connectivity index (χ0n) is 18.3. The van der Waals surface area contributed by atoms with Crippen molar-refractivity contribution < 1.29 is 14.3 Å². The summed E-state index contributed by atoms with van der Waals surface area (Å²) >= 11 is 7.57. The molecule has 1 aromatic heterocycles. The monoisotopic (exact) mass is 484 g/mol. The molecule has 2 aliphatic rings. The Balaban J connectivity index is 1.30. The molecule has 2 aromatic carbocycles. The van der Waals surface area contributed by atoms with Gasteiger partial charge in [0, 0.05) is 31.3 Å². The average molecular weight is 485 g/mol. The number of para-hydroxylation sites is 2. The van der Waals surface area contributed by atoms with Crippen LogP contribution in [0.5, 0.6) is 0 Å². The highest BCUT2D eigenvalue weighted by atomic mass is 35.5. The summed E-state index contributed by atoms with van der Waals surface area (Å²) in [5, 5.41) is 9.18. The van der Waals surface area contributed by atoms with Crippen molar-refractivity contribution in [2.24, 2.45) is 0 Å². The smallest absolute Gasteiger partial charge is 0.275 e. The molecule has 0 aliphatic carbocycles. The number of nitrogens with one attached hydrogen (secondary N) is 2. The minimum atomic E-state index is -0.436. The number of piperidine rings is 1. The van der Waals surface area contributed by atoms with Gasteiger partial charge < -0.3 is 25.0 Å². The van der Waals surface area contributed by atoms with Gasteiger partial charge in [-0.15, -0.1) is 11.3 Å². The van der Waals surface area contributed by atoms with E-state index in [2.05, 4.69) is 33.5 Å². The van der Waals surface area contributed by atoms with Crippen molar-refractivity contribution in [2.75, 3.05) is 41.8 Å². The van der Waals surface area contributed by atoms with Gasteiger partial charge in [-0.1, -0.05) is 35.9 Å². The Morgan fingerprint density at radius 2 is 1.82 bits per heavy atom. The van der Waals surface area contributed by atoms with E-state index in [0.717, 1.165) is 48.6 Å². The van der Waals surface area contributed by atoms with E-state index in [1.165, 1.54) is 11.3 Å². The van der Waals surface area contributed by atoms with Gasteiger partial charge in [0.25, 0.3) is 5.91 Å². The number of hydrogen-bond donors (Lipinski definition) is 2. The van der Waals surface area contributed by atoms with Crippen LogP contribution < -0.4 is 15.5 Å². The van der Waals surface area contributed by atoms with Gasteiger partial charge in [0.2, 0.25) is 0 Å².